The van der Waals surface area contributed by atoms with Crippen LogP contribution in [0.3, 0.4) is 0 Å². The van der Waals surface area contributed by atoms with Gasteiger partial charge in [0.05, 0.1) is 0 Å². The fraction of sp³-hybridized carbons (Fsp3) is 0.500. The van der Waals surface area contributed by atoms with Crippen molar-refractivity contribution in [1.29, 1.82) is 0 Å². The summed E-state index contributed by atoms with van der Waals surface area (Å²) in [5.74, 6) is 2.46. The molecule has 0 spiro atoms. The summed E-state index contributed by atoms with van der Waals surface area (Å²) in [4.78, 5) is 8.90. The summed E-state index contributed by atoms with van der Waals surface area (Å²) in [6.07, 6.45) is 9.26. The maximum atomic E-state index is 10.8. The second-order valence-electron chi connectivity index (χ2n) is 2.82. The molecule has 1 aliphatic carbocycles. The minimum absolute atomic E-state index is 0.107. The molecule has 3 nitrogen and oxygen atoms in total. The molecule has 0 radical (unpaired) electrons. The van der Waals surface area contributed by atoms with Crippen molar-refractivity contribution in [2.45, 2.75) is 12.5 Å². The Balaban J connectivity index is 2.53. The molecule has 0 bridgehead atoms. The van der Waals surface area contributed by atoms with E-state index < -0.39 is 13.7 Å². The third kappa shape index (κ3) is 2.49. The second-order valence-corrected chi connectivity index (χ2v) is 4.64. The normalized spacial score (nSPS) is 28.2. The lowest BCUT2D eigenvalue weighted by Gasteiger charge is -2.24. The van der Waals surface area contributed by atoms with E-state index in [1.165, 1.54) is 0 Å². The van der Waals surface area contributed by atoms with Crippen LogP contribution in [-0.4, -0.2) is 17.7 Å². The Morgan fingerprint density at radius 2 is 2.50 bits per heavy atom. The third-order valence-electron chi connectivity index (χ3n) is 1.65. The predicted octanol–water partition coefficient (Wildman–Crippen LogP) is 1.40. The summed E-state index contributed by atoms with van der Waals surface area (Å²) in [6, 6.07) is 0. The number of hydrogen-bond donors (Lipinski definition) is 1. The smallest absolute Gasteiger partial charge is 0.324 e. The fourth-order valence-corrected chi connectivity index (χ4v) is 1.60. The first-order valence-electron chi connectivity index (χ1n) is 3.64. The van der Waals surface area contributed by atoms with Gasteiger partial charge in [-0.1, -0.05) is 18.1 Å². The quantitative estimate of drug-likeness (QED) is 0.411. The van der Waals surface area contributed by atoms with Gasteiger partial charge in [0.1, 0.15) is 6.10 Å². The minimum atomic E-state index is -3.45. The van der Waals surface area contributed by atoms with Crippen LogP contribution in [0, 0.1) is 18.3 Å². The Morgan fingerprint density at radius 1 is 1.92 bits per heavy atom. The van der Waals surface area contributed by atoms with Crippen LogP contribution in [0.4, 0.5) is 0 Å². The van der Waals surface area contributed by atoms with E-state index in [0.717, 1.165) is 13.1 Å². The maximum absolute atomic E-state index is 10.8. The molecule has 0 aromatic carbocycles. The van der Waals surface area contributed by atoms with Crippen molar-refractivity contribution in [2.24, 2.45) is 5.92 Å². The number of rotatable bonds is 3. The van der Waals surface area contributed by atoms with Gasteiger partial charge in [0, 0.05) is 12.6 Å². The van der Waals surface area contributed by atoms with Crippen molar-refractivity contribution in [3.8, 4) is 12.3 Å². The molecule has 3 atom stereocenters. The van der Waals surface area contributed by atoms with Crippen LogP contribution in [0.25, 0.3) is 0 Å². The highest BCUT2D eigenvalue weighted by Crippen LogP contribution is 2.41. The van der Waals surface area contributed by atoms with Crippen LogP contribution in [0.15, 0.2) is 12.2 Å². The summed E-state index contributed by atoms with van der Waals surface area (Å²) < 4.78 is 15.7. The van der Waals surface area contributed by atoms with Gasteiger partial charge >= 0.3 is 7.60 Å². The molecule has 66 valence electrons. The van der Waals surface area contributed by atoms with E-state index in [4.69, 9.17) is 15.8 Å². The Bertz CT molecular complexity index is 271. The van der Waals surface area contributed by atoms with Gasteiger partial charge in [-0.2, -0.15) is 0 Å². The Kier molecular flexibility index (Phi) is 2.74. The highest BCUT2D eigenvalue weighted by atomic mass is 31.2. The largest absolute Gasteiger partial charge is 0.326 e. The molecule has 0 saturated heterocycles. The van der Waals surface area contributed by atoms with Crippen LogP contribution < -0.4 is 0 Å². The topological polar surface area (TPSA) is 46.5 Å². The van der Waals surface area contributed by atoms with Crippen LogP contribution in [0.5, 0.6) is 0 Å². The molecule has 0 fully saturated rings. The molecule has 1 N–H and O–H groups in total. The van der Waals surface area contributed by atoms with E-state index >= 15 is 0 Å². The van der Waals surface area contributed by atoms with Crippen molar-refractivity contribution in [3.05, 3.63) is 12.2 Å². The van der Waals surface area contributed by atoms with Crippen LogP contribution in [0.2, 0.25) is 0 Å². The number of allylic oxidation sites excluding steroid dienone is 1. The first-order valence-corrected chi connectivity index (χ1v) is 5.67. The van der Waals surface area contributed by atoms with Gasteiger partial charge in [-0.3, -0.25) is 9.09 Å². The first kappa shape index (κ1) is 9.54. The average Bonchev–Trinajstić information content (AvgIpc) is 1.79. The summed E-state index contributed by atoms with van der Waals surface area (Å²) in [5.41, 5.74) is 0. The molecular weight excluding hydrogens is 175 g/mol. The van der Waals surface area contributed by atoms with Crippen molar-refractivity contribution < 1.29 is 14.0 Å². The van der Waals surface area contributed by atoms with E-state index in [1.54, 1.807) is 0 Å². The number of hydrogen-bond acceptors (Lipinski definition) is 2. The fourth-order valence-electron chi connectivity index (χ4n) is 0.961. The third-order valence-corrected chi connectivity index (χ3v) is 2.27. The van der Waals surface area contributed by atoms with Gasteiger partial charge in [0.25, 0.3) is 0 Å². The molecule has 3 unspecified atom stereocenters. The van der Waals surface area contributed by atoms with Crippen LogP contribution in [-0.2, 0) is 9.09 Å². The molecular formula is C8H11O3P. The summed E-state index contributed by atoms with van der Waals surface area (Å²) in [7, 11) is -3.45. The zero-order chi connectivity index (χ0) is 9.19. The monoisotopic (exact) mass is 186 g/mol. The predicted molar refractivity (Wildman–Crippen MR) is 46.7 cm³/mol. The van der Waals surface area contributed by atoms with E-state index in [9.17, 15) is 4.57 Å². The van der Waals surface area contributed by atoms with E-state index in [1.807, 2.05) is 12.2 Å². The minimum Gasteiger partial charge on any atom is -0.324 e. The molecule has 0 aliphatic heterocycles. The van der Waals surface area contributed by atoms with Gasteiger partial charge in [-0.15, -0.1) is 6.42 Å². The molecule has 0 saturated carbocycles. The van der Waals surface area contributed by atoms with Gasteiger partial charge in [0.15, 0.2) is 0 Å². The van der Waals surface area contributed by atoms with Crippen molar-refractivity contribution in [2.75, 3.05) is 6.66 Å². The van der Waals surface area contributed by atoms with Crippen molar-refractivity contribution in [1.82, 2.24) is 0 Å². The Hall–Kier alpha value is -0.550. The molecule has 4 heteroatoms. The molecule has 1 rings (SSSR count). The second kappa shape index (κ2) is 3.45. The molecule has 0 heterocycles. The highest BCUT2D eigenvalue weighted by Gasteiger charge is 2.26. The van der Waals surface area contributed by atoms with Crippen LogP contribution >= 0.6 is 7.60 Å². The average molecular weight is 186 g/mol. The molecule has 12 heavy (non-hydrogen) atoms. The lowest BCUT2D eigenvalue weighted by molar-refractivity contribution is 0.179. The maximum Gasteiger partial charge on any atom is 0.326 e. The first-order chi connectivity index (χ1) is 5.53. The van der Waals surface area contributed by atoms with Crippen molar-refractivity contribution in [3.63, 3.8) is 0 Å². The zero-order valence-electron chi connectivity index (χ0n) is 6.80. The van der Waals surface area contributed by atoms with E-state index in [-0.39, 0.29) is 5.92 Å². The summed E-state index contributed by atoms with van der Waals surface area (Å²) >= 11 is 0. The molecule has 0 aromatic heterocycles. The zero-order valence-corrected chi connectivity index (χ0v) is 7.70. The highest BCUT2D eigenvalue weighted by molar-refractivity contribution is 7.51. The van der Waals surface area contributed by atoms with Gasteiger partial charge in [0.2, 0.25) is 0 Å². The van der Waals surface area contributed by atoms with E-state index in [0.29, 0.717) is 0 Å². The standard InChI is InChI=1S/C8H11O3P/c1-3-8(7-5-4-6-7)11-12(2,9)10/h1,4-5,7-8H,6H2,2H3,(H,9,10). The molecule has 0 amide bonds. The van der Waals surface area contributed by atoms with Crippen molar-refractivity contribution >= 4 is 7.60 Å². The summed E-state index contributed by atoms with van der Waals surface area (Å²) in [5, 5.41) is 0. The number of terminal acetylenes is 1. The molecule has 1 aliphatic rings. The Morgan fingerprint density at radius 3 is 2.75 bits per heavy atom. The molecule has 0 aromatic rings. The van der Waals surface area contributed by atoms with E-state index in [2.05, 4.69) is 5.92 Å². The van der Waals surface area contributed by atoms with Gasteiger partial charge in [-0.25, -0.2) is 0 Å². The Labute approximate surface area is 72.0 Å². The van der Waals surface area contributed by atoms with Gasteiger partial charge in [-0.05, 0) is 6.42 Å². The summed E-state index contributed by atoms with van der Waals surface area (Å²) in [6.45, 7) is 1.14. The van der Waals surface area contributed by atoms with Crippen LogP contribution in [0.1, 0.15) is 6.42 Å². The lowest BCUT2D eigenvalue weighted by atomic mass is 9.90. The van der Waals surface area contributed by atoms with Gasteiger partial charge < -0.3 is 4.89 Å². The SMILES string of the molecule is C#CC(OP(C)(=O)O)C1C=CC1. The lowest BCUT2D eigenvalue weighted by Crippen LogP contribution is -2.22.